The molecular formula is C18H18O4. The van der Waals surface area contributed by atoms with Gasteiger partial charge in [-0.2, -0.15) is 0 Å². The van der Waals surface area contributed by atoms with Gasteiger partial charge in [-0.1, -0.05) is 6.07 Å². The quantitative estimate of drug-likeness (QED) is 0.742. The summed E-state index contributed by atoms with van der Waals surface area (Å²) in [6.07, 6.45) is 0. The third kappa shape index (κ3) is 1.99. The Balaban J connectivity index is 2.57. The fraction of sp³-hybridized carbons (Fsp3) is 0.222. The molecule has 0 radical (unpaired) electrons. The summed E-state index contributed by atoms with van der Waals surface area (Å²) in [6, 6.07) is 9.52. The number of hydrogen-bond donors (Lipinski definition) is 1. The van der Waals surface area contributed by atoms with Crippen molar-refractivity contribution >= 4 is 21.5 Å². The summed E-state index contributed by atoms with van der Waals surface area (Å²) in [5.41, 5.74) is 1.06. The number of aryl methyl sites for hydroxylation is 1. The molecule has 4 nitrogen and oxygen atoms in total. The van der Waals surface area contributed by atoms with E-state index < -0.39 is 0 Å². The van der Waals surface area contributed by atoms with Crippen molar-refractivity contribution in [2.45, 2.75) is 6.92 Å². The molecular weight excluding hydrogens is 280 g/mol. The fourth-order valence-corrected chi connectivity index (χ4v) is 2.91. The Morgan fingerprint density at radius 3 is 2.05 bits per heavy atom. The highest BCUT2D eigenvalue weighted by molar-refractivity contribution is 6.11. The SMILES string of the molecule is COc1ccc(OC)c2c(O)c3c(OC)cc(C)cc3cc12. The van der Waals surface area contributed by atoms with Crippen molar-refractivity contribution in [3.05, 3.63) is 35.9 Å². The average Bonchev–Trinajstić information content (AvgIpc) is 2.52. The van der Waals surface area contributed by atoms with Crippen molar-refractivity contribution in [2.24, 2.45) is 0 Å². The van der Waals surface area contributed by atoms with Gasteiger partial charge in [-0.15, -0.1) is 0 Å². The largest absolute Gasteiger partial charge is 0.506 e. The van der Waals surface area contributed by atoms with Gasteiger partial charge in [0.15, 0.2) is 0 Å². The zero-order valence-corrected chi connectivity index (χ0v) is 13.1. The standard InChI is InChI=1S/C18H18O4/c1-10-7-11-9-12-13(20-2)5-6-14(21-3)17(12)18(19)16(11)15(8-10)22-4/h5-9,19H,1-4H3. The van der Waals surface area contributed by atoms with E-state index in [0.29, 0.717) is 28.0 Å². The Labute approximate surface area is 128 Å². The number of ether oxygens (including phenoxy) is 3. The van der Waals surface area contributed by atoms with Gasteiger partial charge in [0.2, 0.25) is 0 Å². The van der Waals surface area contributed by atoms with Crippen LogP contribution in [-0.2, 0) is 0 Å². The third-order valence-electron chi connectivity index (χ3n) is 3.88. The molecule has 0 spiro atoms. The van der Waals surface area contributed by atoms with Gasteiger partial charge in [0.05, 0.1) is 32.1 Å². The van der Waals surface area contributed by atoms with E-state index in [1.165, 1.54) is 0 Å². The van der Waals surface area contributed by atoms with Gasteiger partial charge in [0.1, 0.15) is 23.0 Å². The molecule has 114 valence electrons. The number of fused-ring (bicyclic) bond motifs is 2. The van der Waals surface area contributed by atoms with Gasteiger partial charge in [-0.25, -0.2) is 0 Å². The fourth-order valence-electron chi connectivity index (χ4n) is 2.91. The molecule has 0 aliphatic heterocycles. The van der Waals surface area contributed by atoms with Gasteiger partial charge >= 0.3 is 0 Å². The van der Waals surface area contributed by atoms with Crippen LogP contribution in [0.1, 0.15) is 5.56 Å². The molecule has 3 rings (SSSR count). The molecule has 1 N–H and O–H groups in total. The van der Waals surface area contributed by atoms with Gasteiger partial charge < -0.3 is 19.3 Å². The number of hydrogen-bond acceptors (Lipinski definition) is 4. The molecule has 0 saturated heterocycles. The van der Waals surface area contributed by atoms with Crippen LogP contribution in [0.4, 0.5) is 0 Å². The second-order valence-corrected chi connectivity index (χ2v) is 5.18. The average molecular weight is 298 g/mol. The molecule has 4 heteroatoms. The van der Waals surface area contributed by atoms with Crippen molar-refractivity contribution in [1.82, 2.24) is 0 Å². The van der Waals surface area contributed by atoms with Gasteiger partial charge in [0.25, 0.3) is 0 Å². The summed E-state index contributed by atoms with van der Waals surface area (Å²) < 4.78 is 16.3. The van der Waals surface area contributed by atoms with E-state index in [4.69, 9.17) is 14.2 Å². The molecule has 3 aromatic rings. The molecule has 3 aromatic carbocycles. The molecule has 0 amide bonds. The van der Waals surface area contributed by atoms with E-state index in [1.807, 2.05) is 31.2 Å². The topological polar surface area (TPSA) is 47.9 Å². The summed E-state index contributed by atoms with van der Waals surface area (Å²) in [5.74, 6) is 2.06. The number of rotatable bonds is 3. The van der Waals surface area contributed by atoms with Gasteiger partial charge in [0, 0.05) is 5.39 Å². The molecule has 0 aliphatic rings. The first-order valence-corrected chi connectivity index (χ1v) is 6.95. The summed E-state index contributed by atoms with van der Waals surface area (Å²) in [5, 5.41) is 13.8. The minimum atomic E-state index is 0.139. The number of benzene rings is 3. The molecule has 0 aromatic heterocycles. The molecule has 0 heterocycles. The zero-order chi connectivity index (χ0) is 15.9. The zero-order valence-electron chi connectivity index (χ0n) is 13.1. The predicted octanol–water partition coefficient (Wildman–Crippen LogP) is 4.03. The lowest BCUT2D eigenvalue weighted by Crippen LogP contribution is -1.93. The number of phenolic OH excluding ortho intramolecular Hbond substituents is 1. The van der Waals surface area contributed by atoms with E-state index in [-0.39, 0.29) is 5.75 Å². The van der Waals surface area contributed by atoms with Crippen LogP contribution >= 0.6 is 0 Å². The Kier molecular flexibility index (Phi) is 3.45. The van der Waals surface area contributed by atoms with Crippen LogP contribution in [0.25, 0.3) is 21.5 Å². The Bertz CT molecular complexity index is 868. The maximum absolute atomic E-state index is 10.8. The monoisotopic (exact) mass is 298 g/mol. The van der Waals surface area contributed by atoms with E-state index in [1.54, 1.807) is 27.4 Å². The molecule has 0 unspecified atom stereocenters. The van der Waals surface area contributed by atoms with Gasteiger partial charge in [-0.3, -0.25) is 0 Å². The summed E-state index contributed by atoms with van der Waals surface area (Å²) in [6.45, 7) is 1.99. The highest BCUT2D eigenvalue weighted by Crippen LogP contribution is 2.46. The molecule has 22 heavy (non-hydrogen) atoms. The van der Waals surface area contributed by atoms with Crippen molar-refractivity contribution in [2.75, 3.05) is 21.3 Å². The number of phenols is 1. The van der Waals surface area contributed by atoms with Crippen LogP contribution < -0.4 is 14.2 Å². The smallest absolute Gasteiger partial charge is 0.138 e. The van der Waals surface area contributed by atoms with Crippen LogP contribution in [0.2, 0.25) is 0 Å². The number of aromatic hydroxyl groups is 1. The lowest BCUT2D eigenvalue weighted by atomic mass is 9.98. The minimum Gasteiger partial charge on any atom is -0.506 e. The van der Waals surface area contributed by atoms with Crippen molar-refractivity contribution in [3.8, 4) is 23.0 Å². The lowest BCUT2D eigenvalue weighted by Gasteiger charge is -2.15. The normalized spacial score (nSPS) is 10.9. The van der Waals surface area contributed by atoms with E-state index in [9.17, 15) is 5.11 Å². The summed E-state index contributed by atoms with van der Waals surface area (Å²) >= 11 is 0. The van der Waals surface area contributed by atoms with E-state index in [0.717, 1.165) is 16.3 Å². The Morgan fingerprint density at radius 2 is 1.41 bits per heavy atom. The highest BCUT2D eigenvalue weighted by atomic mass is 16.5. The third-order valence-corrected chi connectivity index (χ3v) is 3.88. The Hall–Kier alpha value is -2.62. The molecule has 0 atom stereocenters. The minimum absolute atomic E-state index is 0.139. The van der Waals surface area contributed by atoms with E-state index in [2.05, 4.69) is 0 Å². The molecule has 0 saturated carbocycles. The van der Waals surface area contributed by atoms with E-state index >= 15 is 0 Å². The maximum atomic E-state index is 10.8. The lowest BCUT2D eigenvalue weighted by molar-refractivity contribution is 0.406. The second-order valence-electron chi connectivity index (χ2n) is 5.18. The van der Waals surface area contributed by atoms with Crippen LogP contribution in [0.5, 0.6) is 23.0 Å². The maximum Gasteiger partial charge on any atom is 0.138 e. The van der Waals surface area contributed by atoms with Crippen LogP contribution in [0, 0.1) is 6.92 Å². The van der Waals surface area contributed by atoms with Crippen LogP contribution in [-0.4, -0.2) is 26.4 Å². The van der Waals surface area contributed by atoms with Crippen molar-refractivity contribution in [3.63, 3.8) is 0 Å². The first-order chi connectivity index (χ1) is 10.6. The predicted molar refractivity (Wildman–Crippen MR) is 87.5 cm³/mol. The Morgan fingerprint density at radius 1 is 0.773 bits per heavy atom. The second kappa shape index (κ2) is 5.30. The molecule has 0 aliphatic carbocycles. The summed E-state index contributed by atoms with van der Waals surface area (Å²) in [4.78, 5) is 0. The van der Waals surface area contributed by atoms with Crippen molar-refractivity contribution < 1.29 is 19.3 Å². The van der Waals surface area contributed by atoms with Gasteiger partial charge in [-0.05, 0) is 42.1 Å². The first kappa shape index (κ1) is 14.3. The highest BCUT2D eigenvalue weighted by Gasteiger charge is 2.17. The summed E-state index contributed by atoms with van der Waals surface area (Å²) in [7, 11) is 4.79. The van der Waals surface area contributed by atoms with Crippen LogP contribution in [0.3, 0.4) is 0 Å². The first-order valence-electron chi connectivity index (χ1n) is 6.95. The van der Waals surface area contributed by atoms with Crippen LogP contribution in [0.15, 0.2) is 30.3 Å². The molecule has 0 fully saturated rings. The molecule has 0 bridgehead atoms. The van der Waals surface area contributed by atoms with Crippen molar-refractivity contribution in [1.29, 1.82) is 0 Å². The number of methoxy groups -OCH3 is 3.